The maximum Gasteiger partial charge on any atom is 0.186 e. The smallest absolute Gasteiger partial charge is 0.186 e. The molecule has 1 aliphatic carbocycles. The zero-order chi connectivity index (χ0) is 11.8. The number of aryl methyl sites for hydroxylation is 1. The Labute approximate surface area is 95.6 Å². The van der Waals surface area contributed by atoms with Crippen LogP contribution in [-0.4, -0.2) is 16.0 Å². The molecule has 1 aromatic rings. The highest BCUT2D eigenvalue weighted by atomic mass is 16.5. The highest BCUT2D eigenvalue weighted by Crippen LogP contribution is 2.28. The lowest BCUT2D eigenvalue weighted by atomic mass is 9.92. The van der Waals surface area contributed by atoms with Gasteiger partial charge in [0.1, 0.15) is 0 Å². The van der Waals surface area contributed by atoms with Crippen molar-refractivity contribution in [3.05, 3.63) is 53.1 Å². The summed E-state index contributed by atoms with van der Waals surface area (Å²) in [5.41, 5.74) is 4.70. The minimum absolute atomic E-state index is 0.242. The first-order valence-corrected chi connectivity index (χ1v) is 5.40. The third-order valence-corrected chi connectivity index (χ3v) is 3.07. The second kappa shape index (κ2) is 3.89. The maximum atomic E-state index is 9.39. The number of aliphatic hydroxyl groups is 2. The van der Waals surface area contributed by atoms with Crippen molar-refractivity contribution in [3.8, 4) is 0 Å². The molecule has 1 aliphatic rings. The van der Waals surface area contributed by atoms with Crippen molar-refractivity contribution in [2.75, 3.05) is 0 Å². The molecule has 0 aliphatic heterocycles. The fraction of sp³-hybridized carbons (Fsp3) is 0.286. The van der Waals surface area contributed by atoms with Crippen molar-refractivity contribution in [3.63, 3.8) is 0 Å². The van der Waals surface area contributed by atoms with Gasteiger partial charge in [-0.05, 0) is 42.2 Å². The zero-order valence-corrected chi connectivity index (χ0v) is 9.57. The van der Waals surface area contributed by atoms with Gasteiger partial charge in [0.05, 0.1) is 0 Å². The van der Waals surface area contributed by atoms with E-state index in [1.165, 1.54) is 17.2 Å². The molecule has 16 heavy (non-hydrogen) atoms. The van der Waals surface area contributed by atoms with Gasteiger partial charge in [-0.3, -0.25) is 0 Å². The van der Waals surface area contributed by atoms with Crippen molar-refractivity contribution >= 4 is 5.57 Å². The standard InChI is InChI=1S/C14H16O2/c1-10-4-3-5-13(11(10)2)12-6-8-14(15,16)9-7-12/h3-8,15-16H,9H2,1-2H3. The van der Waals surface area contributed by atoms with E-state index in [0.29, 0.717) is 0 Å². The molecular formula is C14H16O2. The third kappa shape index (κ3) is 2.08. The zero-order valence-electron chi connectivity index (χ0n) is 9.57. The average molecular weight is 216 g/mol. The first kappa shape index (κ1) is 11.1. The molecule has 84 valence electrons. The van der Waals surface area contributed by atoms with Crippen LogP contribution in [0.2, 0.25) is 0 Å². The van der Waals surface area contributed by atoms with Crippen LogP contribution in [0.1, 0.15) is 23.1 Å². The lowest BCUT2D eigenvalue weighted by Crippen LogP contribution is -2.25. The summed E-state index contributed by atoms with van der Waals surface area (Å²) >= 11 is 0. The van der Waals surface area contributed by atoms with Gasteiger partial charge in [0, 0.05) is 6.42 Å². The molecule has 0 saturated heterocycles. The molecule has 1 aromatic carbocycles. The van der Waals surface area contributed by atoms with Crippen molar-refractivity contribution in [1.29, 1.82) is 0 Å². The van der Waals surface area contributed by atoms with Gasteiger partial charge in [0.2, 0.25) is 0 Å². The number of hydrogen-bond donors (Lipinski definition) is 2. The normalized spacial score (nSPS) is 18.4. The molecule has 2 N–H and O–H groups in total. The summed E-state index contributed by atoms with van der Waals surface area (Å²) in [5.74, 6) is -1.68. The van der Waals surface area contributed by atoms with E-state index in [2.05, 4.69) is 26.0 Å². The molecule has 0 bridgehead atoms. The van der Waals surface area contributed by atoms with Crippen LogP contribution in [0.4, 0.5) is 0 Å². The SMILES string of the molecule is Cc1cccc(C2=CCC(O)(O)C=C2)c1C. The Balaban J connectivity index is 2.38. The van der Waals surface area contributed by atoms with Gasteiger partial charge in [0.25, 0.3) is 0 Å². The Morgan fingerprint density at radius 3 is 2.56 bits per heavy atom. The highest BCUT2D eigenvalue weighted by molar-refractivity contribution is 5.77. The van der Waals surface area contributed by atoms with Crippen LogP contribution in [-0.2, 0) is 0 Å². The summed E-state index contributed by atoms with van der Waals surface area (Å²) < 4.78 is 0. The van der Waals surface area contributed by atoms with Crippen LogP contribution >= 0.6 is 0 Å². The molecule has 0 aromatic heterocycles. The molecule has 0 fully saturated rings. The van der Waals surface area contributed by atoms with Crippen molar-refractivity contribution in [1.82, 2.24) is 0 Å². The van der Waals surface area contributed by atoms with Gasteiger partial charge >= 0.3 is 0 Å². The molecule has 2 heteroatoms. The van der Waals surface area contributed by atoms with Crippen LogP contribution in [0.15, 0.2) is 36.4 Å². The molecule has 0 spiro atoms. The monoisotopic (exact) mass is 216 g/mol. The number of allylic oxidation sites excluding steroid dienone is 2. The van der Waals surface area contributed by atoms with Gasteiger partial charge in [-0.2, -0.15) is 0 Å². The molecular weight excluding hydrogens is 200 g/mol. The largest absolute Gasteiger partial charge is 0.362 e. The molecule has 2 rings (SSSR count). The second-order valence-electron chi connectivity index (χ2n) is 4.32. The predicted octanol–water partition coefficient (Wildman–Crippen LogP) is 2.33. The molecule has 0 saturated carbocycles. The predicted molar refractivity (Wildman–Crippen MR) is 64.8 cm³/mol. The summed E-state index contributed by atoms with van der Waals surface area (Å²) in [7, 11) is 0. The molecule has 0 unspecified atom stereocenters. The summed E-state index contributed by atoms with van der Waals surface area (Å²) in [4.78, 5) is 0. The second-order valence-corrected chi connectivity index (χ2v) is 4.32. The molecule has 0 radical (unpaired) electrons. The Bertz CT molecular complexity index is 468. The number of hydrogen-bond acceptors (Lipinski definition) is 2. The topological polar surface area (TPSA) is 40.5 Å². The van der Waals surface area contributed by atoms with E-state index in [-0.39, 0.29) is 6.42 Å². The Hall–Kier alpha value is -1.38. The Morgan fingerprint density at radius 1 is 1.19 bits per heavy atom. The van der Waals surface area contributed by atoms with E-state index in [4.69, 9.17) is 0 Å². The Kier molecular flexibility index (Phi) is 2.70. The van der Waals surface area contributed by atoms with Gasteiger partial charge in [-0.25, -0.2) is 0 Å². The first-order valence-electron chi connectivity index (χ1n) is 5.40. The molecule has 0 atom stereocenters. The van der Waals surface area contributed by atoms with Crippen LogP contribution in [0.3, 0.4) is 0 Å². The fourth-order valence-corrected chi connectivity index (χ4v) is 1.88. The summed E-state index contributed by atoms with van der Waals surface area (Å²) in [6, 6.07) is 6.15. The first-order chi connectivity index (χ1) is 7.49. The summed E-state index contributed by atoms with van der Waals surface area (Å²) in [6.07, 6.45) is 5.31. The molecule has 2 nitrogen and oxygen atoms in total. The quantitative estimate of drug-likeness (QED) is 0.707. The van der Waals surface area contributed by atoms with E-state index in [1.54, 1.807) is 6.08 Å². The number of rotatable bonds is 1. The minimum atomic E-state index is -1.68. The van der Waals surface area contributed by atoms with Gasteiger partial charge in [-0.15, -0.1) is 0 Å². The van der Waals surface area contributed by atoms with Crippen molar-refractivity contribution in [2.45, 2.75) is 26.1 Å². The van der Waals surface area contributed by atoms with Gasteiger partial charge in [0.15, 0.2) is 5.79 Å². The molecule has 0 amide bonds. The van der Waals surface area contributed by atoms with E-state index < -0.39 is 5.79 Å². The van der Waals surface area contributed by atoms with E-state index in [1.807, 2.05) is 12.1 Å². The van der Waals surface area contributed by atoms with Crippen LogP contribution < -0.4 is 0 Å². The van der Waals surface area contributed by atoms with E-state index in [0.717, 1.165) is 11.1 Å². The van der Waals surface area contributed by atoms with Crippen LogP contribution in [0.25, 0.3) is 5.57 Å². The third-order valence-electron chi connectivity index (χ3n) is 3.07. The van der Waals surface area contributed by atoms with Crippen molar-refractivity contribution < 1.29 is 10.2 Å². The molecule has 0 heterocycles. The maximum absolute atomic E-state index is 9.39. The van der Waals surface area contributed by atoms with Crippen LogP contribution in [0.5, 0.6) is 0 Å². The van der Waals surface area contributed by atoms with Crippen LogP contribution in [0, 0.1) is 13.8 Å². The van der Waals surface area contributed by atoms with E-state index >= 15 is 0 Å². The van der Waals surface area contributed by atoms with Crippen molar-refractivity contribution in [2.24, 2.45) is 0 Å². The lowest BCUT2D eigenvalue weighted by Gasteiger charge is -2.21. The lowest BCUT2D eigenvalue weighted by molar-refractivity contribution is -0.114. The average Bonchev–Trinajstić information content (AvgIpc) is 2.23. The fourth-order valence-electron chi connectivity index (χ4n) is 1.88. The van der Waals surface area contributed by atoms with Gasteiger partial charge in [-0.1, -0.05) is 30.4 Å². The number of benzene rings is 1. The minimum Gasteiger partial charge on any atom is -0.362 e. The van der Waals surface area contributed by atoms with E-state index in [9.17, 15) is 10.2 Å². The van der Waals surface area contributed by atoms with Gasteiger partial charge < -0.3 is 10.2 Å². The summed E-state index contributed by atoms with van der Waals surface area (Å²) in [6.45, 7) is 4.16. The summed E-state index contributed by atoms with van der Waals surface area (Å²) in [5, 5.41) is 18.8. The Morgan fingerprint density at radius 2 is 1.94 bits per heavy atom. The highest BCUT2D eigenvalue weighted by Gasteiger charge is 2.21.